The highest BCUT2D eigenvalue weighted by Gasteiger charge is 2.00. The van der Waals surface area contributed by atoms with Gasteiger partial charge in [-0.1, -0.05) is 88.4 Å². The van der Waals surface area contributed by atoms with E-state index >= 15 is 0 Å². The highest BCUT2D eigenvalue weighted by Crippen LogP contribution is 2.23. The molecule has 120 valence electrons. The monoisotopic (exact) mass is 396 g/mol. The van der Waals surface area contributed by atoms with Crippen LogP contribution in [0.2, 0.25) is 0 Å². The number of hydrogen-bond donors (Lipinski definition) is 1. The summed E-state index contributed by atoms with van der Waals surface area (Å²) < 4.78 is 0.998. The van der Waals surface area contributed by atoms with E-state index in [0.717, 1.165) is 15.9 Å². The molecule has 4 heteroatoms. The first-order chi connectivity index (χ1) is 11.7. The number of hydrogen-bond acceptors (Lipinski definition) is 2. The highest BCUT2D eigenvalue weighted by atomic mass is 79.9. The Morgan fingerprint density at radius 3 is 2.29 bits per heavy atom. The molecule has 2 nitrogen and oxygen atoms in total. The molecule has 0 unspecified atom stereocenters. The molecule has 0 aliphatic rings. The normalized spacial score (nSPS) is 11.5. The number of benzene rings is 3. The zero-order chi connectivity index (χ0) is 16.8. The molecule has 24 heavy (non-hydrogen) atoms. The van der Waals surface area contributed by atoms with Gasteiger partial charge in [0.1, 0.15) is 0 Å². The van der Waals surface area contributed by atoms with Gasteiger partial charge in [-0.3, -0.25) is 0 Å². The summed E-state index contributed by atoms with van der Waals surface area (Å²) in [5.41, 5.74) is 10.6. The maximum atomic E-state index is 6.02. The standard InChI is InChI=1S/C20H17BrN2S/c21-18-7-4-8-19(13-18)23-20(22)24-14-15-9-11-17(12-10-15)16-5-2-1-3-6-16/h1-13H,14H2,(H2,22,23). The number of aliphatic imine (C=N–C) groups is 1. The first-order valence-electron chi connectivity index (χ1n) is 7.57. The molecular formula is C20H17BrN2S. The van der Waals surface area contributed by atoms with Crippen molar-refractivity contribution >= 4 is 38.5 Å². The molecule has 3 aromatic rings. The average molecular weight is 397 g/mol. The summed E-state index contributed by atoms with van der Waals surface area (Å²) in [6.07, 6.45) is 0. The Morgan fingerprint density at radius 2 is 1.58 bits per heavy atom. The Kier molecular flexibility index (Phi) is 5.72. The van der Waals surface area contributed by atoms with E-state index in [2.05, 4.69) is 69.5 Å². The average Bonchev–Trinajstić information content (AvgIpc) is 2.61. The Bertz CT molecular complexity index is 830. The van der Waals surface area contributed by atoms with E-state index in [1.807, 2.05) is 30.3 Å². The summed E-state index contributed by atoms with van der Waals surface area (Å²) in [6.45, 7) is 0. The van der Waals surface area contributed by atoms with Crippen LogP contribution < -0.4 is 5.73 Å². The van der Waals surface area contributed by atoms with Crippen LogP contribution in [0.4, 0.5) is 5.69 Å². The van der Waals surface area contributed by atoms with Crippen molar-refractivity contribution in [2.75, 3.05) is 0 Å². The van der Waals surface area contributed by atoms with Gasteiger partial charge in [0.25, 0.3) is 0 Å². The zero-order valence-electron chi connectivity index (χ0n) is 13.0. The zero-order valence-corrected chi connectivity index (χ0v) is 15.4. The fourth-order valence-electron chi connectivity index (χ4n) is 2.29. The summed E-state index contributed by atoms with van der Waals surface area (Å²) in [4.78, 5) is 4.43. The third-order valence-corrected chi connectivity index (χ3v) is 4.85. The molecule has 0 heterocycles. The van der Waals surface area contributed by atoms with Gasteiger partial charge in [0.2, 0.25) is 0 Å². The van der Waals surface area contributed by atoms with Gasteiger partial charge >= 0.3 is 0 Å². The van der Waals surface area contributed by atoms with E-state index in [1.54, 1.807) is 11.8 Å². The Balaban J connectivity index is 1.62. The van der Waals surface area contributed by atoms with Crippen LogP contribution in [0.25, 0.3) is 11.1 Å². The van der Waals surface area contributed by atoms with Crippen LogP contribution >= 0.6 is 27.7 Å². The van der Waals surface area contributed by atoms with Gasteiger partial charge in [-0.2, -0.15) is 0 Å². The number of nitrogens with zero attached hydrogens (tertiary/aromatic N) is 1. The molecule has 0 atom stereocenters. The summed E-state index contributed by atoms with van der Waals surface area (Å²) in [6, 6.07) is 26.7. The van der Waals surface area contributed by atoms with E-state index in [9.17, 15) is 0 Å². The lowest BCUT2D eigenvalue weighted by Gasteiger charge is -2.05. The van der Waals surface area contributed by atoms with Crippen molar-refractivity contribution in [3.05, 3.63) is 88.9 Å². The molecule has 3 aromatic carbocycles. The third kappa shape index (κ3) is 4.73. The van der Waals surface area contributed by atoms with Crippen LogP contribution in [0, 0.1) is 0 Å². The van der Waals surface area contributed by atoms with Crippen molar-refractivity contribution in [3.8, 4) is 11.1 Å². The molecule has 3 rings (SSSR count). The molecule has 0 bridgehead atoms. The fourth-order valence-corrected chi connectivity index (χ4v) is 3.35. The molecule has 0 aromatic heterocycles. The van der Waals surface area contributed by atoms with Crippen LogP contribution in [0.15, 0.2) is 88.3 Å². The predicted molar refractivity (Wildman–Crippen MR) is 109 cm³/mol. The first-order valence-corrected chi connectivity index (χ1v) is 9.35. The lowest BCUT2D eigenvalue weighted by atomic mass is 10.0. The van der Waals surface area contributed by atoms with Crippen molar-refractivity contribution in [2.24, 2.45) is 10.7 Å². The van der Waals surface area contributed by atoms with E-state index in [1.165, 1.54) is 16.7 Å². The number of nitrogens with two attached hydrogens (primary N) is 1. The first kappa shape index (κ1) is 16.8. The van der Waals surface area contributed by atoms with Gasteiger partial charge in [-0.05, 0) is 34.9 Å². The molecule has 0 saturated heterocycles. The molecule has 0 spiro atoms. The molecule has 0 saturated carbocycles. The van der Waals surface area contributed by atoms with Crippen molar-refractivity contribution in [1.82, 2.24) is 0 Å². The molecule has 0 aliphatic heterocycles. The Hall–Kier alpha value is -2.04. The van der Waals surface area contributed by atoms with E-state index < -0.39 is 0 Å². The topological polar surface area (TPSA) is 38.4 Å². The van der Waals surface area contributed by atoms with E-state index in [4.69, 9.17) is 5.73 Å². The number of thioether (sulfide) groups is 1. The second-order valence-electron chi connectivity index (χ2n) is 5.28. The van der Waals surface area contributed by atoms with Gasteiger partial charge in [-0.25, -0.2) is 4.99 Å². The fraction of sp³-hybridized carbons (Fsp3) is 0.0500. The minimum absolute atomic E-state index is 0.570. The minimum atomic E-state index is 0.570. The summed E-state index contributed by atoms with van der Waals surface area (Å²) in [5, 5.41) is 0.570. The van der Waals surface area contributed by atoms with Gasteiger partial charge in [0, 0.05) is 10.2 Å². The number of amidine groups is 1. The van der Waals surface area contributed by atoms with Crippen molar-refractivity contribution < 1.29 is 0 Å². The smallest absolute Gasteiger partial charge is 0.159 e. The summed E-state index contributed by atoms with van der Waals surface area (Å²) in [7, 11) is 0. The SMILES string of the molecule is NC(=Nc1cccc(Br)c1)SCc1ccc(-c2ccccc2)cc1. The molecule has 0 fully saturated rings. The van der Waals surface area contributed by atoms with Crippen molar-refractivity contribution in [1.29, 1.82) is 0 Å². The quantitative estimate of drug-likeness (QED) is 0.433. The Morgan fingerprint density at radius 1 is 0.875 bits per heavy atom. The van der Waals surface area contributed by atoms with Crippen LogP contribution in [-0.2, 0) is 5.75 Å². The van der Waals surface area contributed by atoms with Gasteiger partial charge in [0.15, 0.2) is 5.17 Å². The molecule has 0 radical (unpaired) electrons. The largest absolute Gasteiger partial charge is 0.378 e. The molecule has 2 N–H and O–H groups in total. The lowest BCUT2D eigenvalue weighted by molar-refractivity contribution is 1.42. The van der Waals surface area contributed by atoms with Crippen LogP contribution in [0.1, 0.15) is 5.56 Å². The van der Waals surface area contributed by atoms with E-state index in [0.29, 0.717) is 5.17 Å². The molecular weight excluding hydrogens is 380 g/mol. The van der Waals surface area contributed by atoms with Crippen molar-refractivity contribution in [2.45, 2.75) is 5.75 Å². The second-order valence-corrected chi connectivity index (χ2v) is 7.19. The molecule has 0 amide bonds. The van der Waals surface area contributed by atoms with Gasteiger partial charge in [0.05, 0.1) is 5.69 Å². The Labute approximate surface area is 155 Å². The third-order valence-electron chi connectivity index (χ3n) is 3.50. The summed E-state index contributed by atoms with van der Waals surface area (Å²) in [5.74, 6) is 0.804. The number of rotatable bonds is 4. The second kappa shape index (κ2) is 8.18. The predicted octanol–water partition coefficient (Wildman–Crippen LogP) is 6.00. The van der Waals surface area contributed by atoms with E-state index in [-0.39, 0.29) is 0 Å². The van der Waals surface area contributed by atoms with Crippen LogP contribution in [0.3, 0.4) is 0 Å². The lowest BCUT2D eigenvalue weighted by Crippen LogP contribution is -2.06. The summed E-state index contributed by atoms with van der Waals surface area (Å²) >= 11 is 4.98. The van der Waals surface area contributed by atoms with Crippen molar-refractivity contribution in [3.63, 3.8) is 0 Å². The maximum absolute atomic E-state index is 6.02. The number of halogens is 1. The minimum Gasteiger partial charge on any atom is -0.378 e. The molecule has 0 aliphatic carbocycles. The van der Waals surface area contributed by atoms with Gasteiger partial charge in [-0.15, -0.1) is 0 Å². The maximum Gasteiger partial charge on any atom is 0.159 e. The van der Waals surface area contributed by atoms with Gasteiger partial charge < -0.3 is 5.73 Å². The van der Waals surface area contributed by atoms with Crippen LogP contribution in [-0.4, -0.2) is 5.17 Å². The van der Waals surface area contributed by atoms with Crippen LogP contribution in [0.5, 0.6) is 0 Å². The highest BCUT2D eigenvalue weighted by molar-refractivity contribution is 9.10.